The van der Waals surface area contributed by atoms with E-state index in [1.54, 1.807) is 0 Å². The molecule has 13 heteroatoms. The molecule has 0 aromatic heterocycles. The predicted octanol–water partition coefficient (Wildman–Crippen LogP) is -0.553. The van der Waals surface area contributed by atoms with Gasteiger partial charge in [-0.3, -0.25) is 9.13 Å². The Hall–Kier alpha value is 1.34. The van der Waals surface area contributed by atoms with E-state index in [2.05, 4.69) is 9.35 Å². The van der Waals surface area contributed by atoms with Gasteiger partial charge in [0.15, 0.2) is 0 Å². The molecule has 0 aliphatic heterocycles. The quantitative estimate of drug-likeness (QED) is 0.294. The molecule has 0 spiro atoms. The van der Waals surface area contributed by atoms with Gasteiger partial charge in [0.05, 0.1) is 0 Å². The zero-order chi connectivity index (χ0) is 10.4. The first-order valence-corrected chi connectivity index (χ1v) is 4.67. The minimum Gasteiger partial charge on any atom is -0.751 e. The summed E-state index contributed by atoms with van der Waals surface area (Å²) in [5.41, 5.74) is 0. The van der Waals surface area contributed by atoms with Crippen molar-refractivity contribution in [3.8, 4) is 0 Å². The molecule has 13 heavy (non-hydrogen) atoms. The van der Waals surface area contributed by atoms with Crippen molar-refractivity contribution in [3.63, 3.8) is 0 Å². The monoisotopic (exact) mass is 270 g/mol. The van der Waals surface area contributed by atoms with Gasteiger partial charge in [-0.2, -0.15) is 17.7 Å². The van der Waals surface area contributed by atoms with Crippen molar-refractivity contribution in [2.24, 2.45) is 0 Å². The third-order valence-electron chi connectivity index (χ3n) is 0.195. The number of hydrogen-bond acceptors (Lipinski definition) is 8. The van der Waals surface area contributed by atoms with E-state index in [0.29, 0.717) is 0 Å². The Morgan fingerprint density at radius 2 is 1.08 bits per heavy atom. The Morgan fingerprint density at radius 1 is 1.00 bits per heavy atom. The molecule has 0 aromatic carbocycles. The van der Waals surface area contributed by atoms with Gasteiger partial charge >= 0.3 is 53.6 Å². The van der Waals surface area contributed by atoms with E-state index in [1.165, 1.54) is 0 Å². The molecule has 0 aliphatic rings. The van der Waals surface area contributed by atoms with Crippen molar-refractivity contribution < 1.29 is 47.2 Å². The molecule has 0 fully saturated rings. The van der Waals surface area contributed by atoms with Crippen molar-refractivity contribution in [2.45, 2.75) is 0 Å². The summed E-state index contributed by atoms with van der Waals surface area (Å²) in [5.74, 6) is 0. The average molecular weight is 270 g/mol. The Labute approximate surface area is 100 Å². The van der Waals surface area contributed by atoms with Crippen LogP contribution in [-0.2, 0) is 18.5 Å². The second-order valence-electron chi connectivity index (χ2n) is 1.02. The SMILES string of the molecule is O=P([O-])(F)OO.O=P([O-])(F)OO.[Ca+2]. The third-order valence-corrected chi connectivity index (χ3v) is 0.585. The largest absolute Gasteiger partial charge is 2.00 e. The zero-order valence-electron chi connectivity index (χ0n) is 5.70. The molecule has 2 atom stereocenters. The van der Waals surface area contributed by atoms with Gasteiger partial charge in [-0.05, 0) is 0 Å². The summed E-state index contributed by atoms with van der Waals surface area (Å²) in [7, 11) is -10.7. The van der Waals surface area contributed by atoms with Crippen molar-refractivity contribution in [3.05, 3.63) is 0 Å². The molecule has 0 heterocycles. The maximum absolute atomic E-state index is 10.6. The van der Waals surface area contributed by atoms with Crippen LogP contribution in [0.25, 0.3) is 0 Å². The van der Waals surface area contributed by atoms with Crippen LogP contribution in [0.2, 0.25) is 0 Å². The zero-order valence-corrected chi connectivity index (χ0v) is 9.70. The van der Waals surface area contributed by atoms with Crippen LogP contribution >= 0.6 is 15.8 Å². The molecule has 0 aromatic rings. The van der Waals surface area contributed by atoms with Gasteiger partial charge in [0.2, 0.25) is 0 Å². The van der Waals surface area contributed by atoms with Crippen LogP contribution < -0.4 is 9.79 Å². The Bertz CT molecular complexity index is 170. The van der Waals surface area contributed by atoms with Crippen LogP contribution in [-0.4, -0.2) is 48.3 Å². The first kappa shape index (κ1) is 19.8. The maximum Gasteiger partial charge on any atom is 2.00 e. The van der Waals surface area contributed by atoms with E-state index in [1.807, 2.05) is 0 Å². The summed E-state index contributed by atoms with van der Waals surface area (Å²) < 4.78 is 43.6. The predicted molar refractivity (Wildman–Crippen MR) is 30.6 cm³/mol. The molecule has 0 aliphatic carbocycles. The maximum atomic E-state index is 10.6. The summed E-state index contributed by atoms with van der Waals surface area (Å²) in [5, 5.41) is 13.9. The Morgan fingerprint density at radius 3 is 1.08 bits per heavy atom. The van der Waals surface area contributed by atoms with Crippen LogP contribution in [0.4, 0.5) is 8.39 Å². The van der Waals surface area contributed by atoms with Gasteiger partial charge in [0.25, 0.3) is 0 Å². The number of halogens is 2. The normalized spacial score (nSPS) is 18.3. The van der Waals surface area contributed by atoms with Gasteiger partial charge in [-0.15, -0.1) is 0 Å². The summed E-state index contributed by atoms with van der Waals surface area (Å²) >= 11 is 0. The van der Waals surface area contributed by atoms with E-state index < -0.39 is 15.8 Å². The molecular formula is H2CaF2O8P2. The first-order valence-electron chi connectivity index (χ1n) is 1.80. The van der Waals surface area contributed by atoms with Gasteiger partial charge in [0, 0.05) is 0 Å². The second kappa shape index (κ2) is 8.63. The summed E-state index contributed by atoms with van der Waals surface area (Å²) in [6.07, 6.45) is 0. The standard InChI is InChI=1S/Ca.2FH2O4P/c;2*1-6(3,4)5-2/h;2*2H,(H,3,4)/q+2;;/p-2. The van der Waals surface area contributed by atoms with Crippen molar-refractivity contribution in [1.29, 1.82) is 0 Å². The Balaban J connectivity index is -0.000000143. The van der Waals surface area contributed by atoms with Crippen LogP contribution in [0.15, 0.2) is 0 Å². The third kappa shape index (κ3) is 31.8. The van der Waals surface area contributed by atoms with Crippen molar-refractivity contribution in [2.75, 3.05) is 0 Å². The molecule has 0 radical (unpaired) electrons. The van der Waals surface area contributed by atoms with Gasteiger partial charge < -0.3 is 9.79 Å². The first-order chi connectivity index (χ1) is 5.12. The minimum absolute atomic E-state index is 0. The summed E-state index contributed by atoms with van der Waals surface area (Å²) in [4.78, 5) is 17.8. The van der Waals surface area contributed by atoms with E-state index >= 15 is 0 Å². The molecule has 0 amide bonds. The fraction of sp³-hybridized carbons (Fsp3) is 0. The second-order valence-corrected chi connectivity index (χ2v) is 3.07. The number of hydrogen-bond donors (Lipinski definition) is 2. The van der Waals surface area contributed by atoms with Crippen LogP contribution in [0, 0.1) is 0 Å². The Kier molecular flexibility index (Phi) is 13.2. The molecule has 76 valence electrons. The minimum atomic E-state index is -5.34. The molecule has 8 nitrogen and oxygen atoms in total. The van der Waals surface area contributed by atoms with E-state index in [9.17, 15) is 8.39 Å². The molecule has 0 saturated carbocycles. The van der Waals surface area contributed by atoms with E-state index in [4.69, 9.17) is 29.4 Å². The van der Waals surface area contributed by atoms with Crippen molar-refractivity contribution >= 4 is 53.6 Å². The molecule has 0 saturated heterocycles. The van der Waals surface area contributed by atoms with E-state index in [-0.39, 0.29) is 37.7 Å². The molecule has 2 N–H and O–H groups in total. The number of rotatable bonds is 2. The topological polar surface area (TPSA) is 139 Å². The van der Waals surface area contributed by atoms with Crippen LogP contribution in [0.3, 0.4) is 0 Å². The van der Waals surface area contributed by atoms with E-state index in [0.717, 1.165) is 0 Å². The molecule has 0 bridgehead atoms. The van der Waals surface area contributed by atoms with Gasteiger partial charge in [-0.1, -0.05) is 0 Å². The molecular weight excluding hydrogens is 268 g/mol. The fourth-order valence-electron chi connectivity index (χ4n) is 0. The van der Waals surface area contributed by atoms with Crippen molar-refractivity contribution in [1.82, 2.24) is 0 Å². The van der Waals surface area contributed by atoms with Crippen LogP contribution in [0.1, 0.15) is 0 Å². The van der Waals surface area contributed by atoms with Gasteiger partial charge in [0.1, 0.15) is 0 Å². The summed E-state index contributed by atoms with van der Waals surface area (Å²) in [6.45, 7) is 0. The molecule has 2 unspecified atom stereocenters. The smallest absolute Gasteiger partial charge is 0.751 e. The average Bonchev–Trinajstić information content (AvgIpc) is 1.86. The summed E-state index contributed by atoms with van der Waals surface area (Å²) in [6, 6.07) is 0. The van der Waals surface area contributed by atoms with Gasteiger partial charge in [-0.25, -0.2) is 10.5 Å². The fourth-order valence-corrected chi connectivity index (χ4v) is 0. The molecule has 0 rings (SSSR count). The van der Waals surface area contributed by atoms with Crippen LogP contribution in [0.5, 0.6) is 0 Å².